The van der Waals surface area contributed by atoms with Crippen LogP contribution in [0.2, 0.25) is 0 Å². The lowest BCUT2D eigenvalue weighted by Crippen LogP contribution is -2.36. The van der Waals surface area contributed by atoms with Crippen molar-refractivity contribution >= 4 is 17.3 Å². The van der Waals surface area contributed by atoms with Crippen molar-refractivity contribution in [3.63, 3.8) is 0 Å². The Morgan fingerprint density at radius 2 is 1.76 bits per heavy atom. The zero-order chi connectivity index (χ0) is 20.8. The van der Waals surface area contributed by atoms with Gasteiger partial charge in [0.15, 0.2) is 0 Å². The smallest absolute Gasteiger partial charge is 0.258 e. The molecule has 1 saturated heterocycles. The molecule has 0 radical (unpaired) electrons. The summed E-state index contributed by atoms with van der Waals surface area (Å²) in [5, 5.41) is 2.61. The first kappa shape index (κ1) is 20.9. The molecule has 3 rings (SSSR count). The lowest BCUT2D eigenvalue weighted by atomic mass is 10.1. The molecule has 0 saturated carbocycles. The maximum absolute atomic E-state index is 14.0. The minimum absolute atomic E-state index is 0.320. The minimum Gasteiger partial charge on any atom is -0.492 e. The second-order valence-electron chi connectivity index (χ2n) is 6.36. The van der Waals surface area contributed by atoms with E-state index in [1.54, 1.807) is 12.1 Å². The molecule has 0 bridgehead atoms. The molecule has 6 nitrogen and oxygen atoms in total. The molecule has 1 aliphatic heterocycles. The molecule has 2 aromatic carbocycles. The van der Waals surface area contributed by atoms with Crippen molar-refractivity contribution < 1.29 is 27.8 Å². The van der Waals surface area contributed by atoms with Crippen molar-refractivity contribution in [2.45, 2.75) is 13.8 Å². The van der Waals surface area contributed by atoms with Crippen LogP contribution >= 0.6 is 0 Å². The first-order valence-electron chi connectivity index (χ1n) is 9.56. The molecule has 1 N–H and O–H groups in total. The number of halogens is 2. The highest BCUT2D eigenvalue weighted by Gasteiger charge is 2.21. The van der Waals surface area contributed by atoms with E-state index in [1.807, 2.05) is 13.8 Å². The van der Waals surface area contributed by atoms with Gasteiger partial charge in [0.1, 0.15) is 23.1 Å². The Balaban J connectivity index is 1.96. The maximum atomic E-state index is 14.0. The van der Waals surface area contributed by atoms with Gasteiger partial charge in [0.25, 0.3) is 5.91 Å². The normalized spacial score (nSPS) is 13.9. The molecule has 156 valence electrons. The fourth-order valence-corrected chi connectivity index (χ4v) is 3.11. The summed E-state index contributed by atoms with van der Waals surface area (Å²) in [6.45, 7) is 7.09. The Bertz CT molecular complexity index is 870. The van der Waals surface area contributed by atoms with Crippen LogP contribution in [0.1, 0.15) is 24.2 Å². The van der Waals surface area contributed by atoms with E-state index < -0.39 is 17.5 Å². The van der Waals surface area contributed by atoms with Crippen LogP contribution in [0.15, 0.2) is 30.3 Å². The zero-order valence-corrected chi connectivity index (χ0v) is 16.5. The molecule has 0 aromatic heterocycles. The van der Waals surface area contributed by atoms with Gasteiger partial charge in [-0.2, -0.15) is 0 Å². The monoisotopic (exact) mass is 406 g/mol. The van der Waals surface area contributed by atoms with Gasteiger partial charge in [-0.15, -0.1) is 0 Å². The number of amides is 1. The van der Waals surface area contributed by atoms with E-state index >= 15 is 0 Å². The number of hydrogen-bond donors (Lipinski definition) is 1. The fourth-order valence-electron chi connectivity index (χ4n) is 3.11. The Morgan fingerprint density at radius 1 is 1.07 bits per heavy atom. The fraction of sp³-hybridized carbons (Fsp3) is 0.381. The number of morpholine rings is 1. The summed E-state index contributed by atoms with van der Waals surface area (Å²) in [5.41, 5.74) is 0.761. The number of nitrogens with zero attached hydrogens (tertiary/aromatic N) is 1. The topological polar surface area (TPSA) is 60.0 Å². The van der Waals surface area contributed by atoms with E-state index in [2.05, 4.69) is 10.2 Å². The quantitative estimate of drug-likeness (QED) is 0.757. The summed E-state index contributed by atoms with van der Waals surface area (Å²) < 4.78 is 44.3. The summed E-state index contributed by atoms with van der Waals surface area (Å²) in [7, 11) is 0. The molecule has 1 aliphatic rings. The third-order valence-corrected chi connectivity index (χ3v) is 4.43. The predicted octanol–water partition coefficient (Wildman–Crippen LogP) is 3.85. The van der Waals surface area contributed by atoms with Gasteiger partial charge in [0.2, 0.25) is 0 Å². The molecule has 0 aliphatic carbocycles. The highest BCUT2D eigenvalue weighted by atomic mass is 19.1. The van der Waals surface area contributed by atoms with E-state index in [-0.39, 0.29) is 5.56 Å². The minimum atomic E-state index is -0.808. The van der Waals surface area contributed by atoms with E-state index in [1.165, 1.54) is 0 Å². The van der Waals surface area contributed by atoms with E-state index in [0.29, 0.717) is 56.7 Å². The average Bonchev–Trinajstić information content (AvgIpc) is 2.72. The number of anilines is 2. The molecule has 1 amide bonds. The summed E-state index contributed by atoms with van der Waals surface area (Å²) in [5.74, 6) is -1.30. The first-order valence-corrected chi connectivity index (χ1v) is 9.56. The van der Waals surface area contributed by atoms with Crippen LogP contribution in [0.4, 0.5) is 20.2 Å². The van der Waals surface area contributed by atoms with Gasteiger partial charge in [-0.1, -0.05) is 0 Å². The van der Waals surface area contributed by atoms with Gasteiger partial charge >= 0.3 is 0 Å². The van der Waals surface area contributed by atoms with Crippen LogP contribution in [0.5, 0.6) is 11.5 Å². The number of benzene rings is 2. The van der Waals surface area contributed by atoms with E-state index in [0.717, 1.165) is 23.9 Å². The second-order valence-corrected chi connectivity index (χ2v) is 6.36. The van der Waals surface area contributed by atoms with Crippen molar-refractivity contribution in [3.8, 4) is 11.5 Å². The van der Waals surface area contributed by atoms with Crippen LogP contribution < -0.4 is 19.7 Å². The number of rotatable bonds is 7. The van der Waals surface area contributed by atoms with Gasteiger partial charge in [0.05, 0.1) is 43.4 Å². The first-order chi connectivity index (χ1) is 14.0. The average molecular weight is 406 g/mol. The molecule has 29 heavy (non-hydrogen) atoms. The van der Waals surface area contributed by atoms with E-state index in [9.17, 15) is 13.6 Å². The largest absolute Gasteiger partial charge is 0.492 e. The Hall–Kier alpha value is -2.87. The van der Waals surface area contributed by atoms with Crippen molar-refractivity contribution in [2.24, 2.45) is 0 Å². The van der Waals surface area contributed by atoms with Crippen molar-refractivity contribution in [1.82, 2.24) is 0 Å². The highest BCUT2D eigenvalue weighted by molar-refractivity contribution is 6.05. The van der Waals surface area contributed by atoms with Crippen LogP contribution in [0.25, 0.3) is 0 Å². The van der Waals surface area contributed by atoms with Gasteiger partial charge in [-0.05, 0) is 32.0 Å². The number of hydrogen-bond acceptors (Lipinski definition) is 5. The molecule has 1 fully saturated rings. The van der Waals surface area contributed by atoms with Gasteiger partial charge < -0.3 is 24.4 Å². The van der Waals surface area contributed by atoms with Crippen molar-refractivity contribution in [2.75, 3.05) is 49.7 Å². The molecule has 8 heteroatoms. The SMILES string of the molecule is CCOc1cc(N2CCOCC2)c(OCC)cc1NC(=O)c1cc(F)ccc1F. The summed E-state index contributed by atoms with van der Waals surface area (Å²) >= 11 is 0. The van der Waals surface area contributed by atoms with Crippen molar-refractivity contribution in [3.05, 3.63) is 47.5 Å². The molecular formula is C21H24F2N2O4. The Labute approximate surface area is 168 Å². The van der Waals surface area contributed by atoms with Gasteiger partial charge in [-0.3, -0.25) is 4.79 Å². The van der Waals surface area contributed by atoms with Crippen molar-refractivity contribution in [1.29, 1.82) is 0 Å². The molecule has 2 aromatic rings. The zero-order valence-electron chi connectivity index (χ0n) is 16.5. The third kappa shape index (κ3) is 4.95. The van der Waals surface area contributed by atoms with Gasteiger partial charge in [-0.25, -0.2) is 8.78 Å². The second kappa shape index (κ2) is 9.56. The standard InChI is InChI=1S/C21H24F2N2O4/c1-3-28-19-13-18(25-7-9-27-10-8-25)20(29-4-2)12-17(19)24-21(26)15-11-14(22)5-6-16(15)23/h5-6,11-13H,3-4,7-10H2,1-2H3,(H,24,26). The number of carbonyl (C=O) groups is 1. The number of ether oxygens (including phenoxy) is 3. The summed E-state index contributed by atoms with van der Waals surface area (Å²) in [6.07, 6.45) is 0. The number of nitrogens with one attached hydrogen (secondary N) is 1. The molecule has 0 atom stereocenters. The maximum Gasteiger partial charge on any atom is 0.258 e. The Kier molecular flexibility index (Phi) is 6.87. The Morgan fingerprint density at radius 3 is 2.45 bits per heavy atom. The number of carbonyl (C=O) groups excluding carboxylic acids is 1. The van der Waals surface area contributed by atoms with Crippen LogP contribution in [0.3, 0.4) is 0 Å². The summed E-state index contributed by atoms with van der Waals surface area (Å²) in [6, 6.07) is 6.17. The molecule has 0 unspecified atom stereocenters. The third-order valence-electron chi connectivity index (χ3n) is 4.43. The highest BCUT2D eigenvalue weighted by Crippen LogP contribution is 2.39. The molecule has 0 spiro atoms. The van der Waals surface area contributed by atoms with E-state index in [4.69, 9.17) is 14.2 Å². The molecular weight excluding hydrogens is 382 g/mol. The lowest BCUT2D eigenvalue weighted by Gasteiger charge is -2.31. The van der Waals surface area contributed by atoms with Crippen LogP contribution in [-0.2, 0) is 4.74 Å². The van der Waals surface area contributed by atoms with Crippen LogP contribution in [0, 0.1) is 11.6 Å². The summed E-state index contributed by atoms with van der Waals surface area (Å²) in [4.78, 5) is 14.7. The van der Waals surface area contributed by atoms with Crippen LogP contribution in [-0.4, -0.2) is 45.4 Å². The lowest BCUT2D eigenvalue weighted by molar-refractivity contribution is 0.102. The predicted molar refractivity (Wildman–Crippen MR) is 106 cm³/mol. The molecule has 1 heterocycles. The van der Waals surface area contributed by atoms with Gasteiger partial charge in [0, 0.05) is 25.2 Å².